The highest BCUT2D eigenvalue weighted by atomic mass is 16.5. The van der Waals surface area contributed by atoms with Crippen LogP contribution >= 0.6 is 0 Å². The van der Waals surface area contributed by atoms with E-state index >= 15 is 0 Å². The van der Waals surface area contributed by atoms with E-state index in [0.717, 1.165) is 12.0 Å². The highest BCUT2D eigenvalue weighted by Crippen LogP contribution is 2.29. The maximum atomic E-state index is 12.5. The van der Waals surface area contributed by atoms with Crippen molar-refractivity contribution in [3.8, 4) is 11.5 Å². The summed E-state index contributed by atoms with van der Waals surface area (Å²) in [5.41, 5.74) is 0.619. The van der Waals surface area contributed by atoms with Gasteiger partial charge in [-0.05, 0) is 30.5 Å². The molecule has 0 bridgehead atoms. The molecule has 2 saturated heterocycles. The van der Waals surface area contributed by atoms with Crippen molar-refractivity contribution in [2.45, 2.75) is 24.9 Å². The minimum absolute atomic E-state index is 0.0771. The van der Waals surface area contributed by atoms with Gasteiger partial charge in [-0.25, -0.2) is 0 Å². The summed E-state index contributed by atoms with van der Waals surface area (Å²) in [7, 11) is 3.19. The predicted molar refractivity (Wildman–Crippen MR) is 90.8 cm³/mol. The Morgan fingerprint density at radius 3 is 2.80 bits per heavy atom. The highest BCUT2D eigenvalue weighted by molar-refractivity contribution is 5.79. The summed E-state index contributed by atoms with van der Waals surface area (Å²) in [6, 6.07) is 5.69. The molecule has 2 amide bonds. The van der Waals surface area contributed by atoms with Crippen molar-refractivity contribution in [2.24, 2.45) is 0 Å². The Morgan fingerprint density at radius 1 is 1.32 bits per heavy atom. The van der Waals surface area contributed by atoms with E-state index in [1.807, 2.05) is 23.1 Å². The third-order valence-corrected chi connectivity index (χ3v) is 4.86. The van der Waals surface area contributed by atoms with Crippen molar-refractivity contribution in [3.63, 3.8) is 0 Å². The predicted octanol–water partition coefficient (Wildman–Crippen LogP) is 0.754. The molecule has 3 rings (SSSR count). The smallest absolute Gasteiger partial charge is 0.246 e. The van der Waals surface area contributed by atoms with Crippen LogP contribution in [-0.2, 0) is 20.7 Å². The fourth-order valence-corrected chi connectivity index (χ4v) is 3.35. The maximum absolute atomic E-state index is 12.5. The monoisotopic (exact) mass is 348 g/mol. The van der Waals surface area contributed by atoms with Crippen molar-refractivity contribution in [3.05, 3.63) is 23.8 Å². The number of carbonyl (C=O) groups excluding carboxylic acids is 2. The van der Waals surface area contributed by atoms with Crippen molar-refractivity contribution in [2.75, 3.05) is 40.5 Å². The number of hydrogen-bond donors (Lipinski definition) is 1. The number of rotatable bonds is 5. The highest BCUT2D eigenvalue weighted by Gasteiger charge is 2.43. The van der Waals surface area contributed by atoms with Gasteiger partial charge >= 0.3 is 0 Å². The Balaban J connectivity index is 1.54. The van der Waals surface area contributed by atoms with Crippen LogP contribution in [0.4, 0.5) is 0 Å². The van der Waals surface area contributed by atoms with Crippen LogP contribution in [0.25, 0.3) is 0 Å². The number of ether oxygens (including phenoxy) is 3. The Hall–Kier alpha value is -2.28. The molecule has 2 fully saturated rings. The van der Waals surface area contributed by atoms with Crippen LogP contribution in [0.2, 0.25) is 0 Å². The van der Waals surface area contributed by atoms with Crippen LogP contribution in [0.15, 0.2) is 18.2 Å². The molecule has 2 aliphatic rings. The molecule has 0 radical (unpaired) electrons. The normalized spacial score (nSPS) is 22.8. The van der Waals surface area contributed by atoms with Crippen LogP contribution in [0.5, 0.6) is 11.5 Å². The molecule has 136 valence electrons. The van der Waals surface area contributed by atoms with Crippen LogP contribution in [0.3, 0.4) is 0 Å². The van der Waals surface area contributed by atoms with E-state index in [4.69, 9.17) is 14.2 Å². The summed E-state index contributed by atoms with van der Waals surface area (Å²) in [5, 5.41) is 2.83. The van der Waals surface area contributed by atoms with Gasteiger partial charge < -0.3 is 24.4 Å². The van der Waals surface area contributed by atoms with Gasteiger partial charge in [-0.3, -0.25) is 9.59 Å². The Bertz CT molecular complexity index is 651. The number of aryl methyl sites for hydroxylation is 1. The van der Waals surface area contributed by atoms with E-state index in [-0.39, 0.29) is 18.4 Å². The van der Waals surface area contributed by atoms with Crippen molar-refractivity contribution >= 4 is 11.8 Å². The van der Waals surface area contributed by atoms with E-state index in [1.165, 1.54) is 0 Å². The fraction of sp³-hybridized carbons (Fsp3) is 0.556. The first-order valence-electron chi connectivity index (χ1n) is 8.44. The van der Waals surface area contributed by atoms with E-state index < -0.39 is 5.60 Å². The molecule has 1 unspecified atom stereocenters. The molecule has 1 spiro atoms. The lowest BCUT2D eigenvalue weighted by atomic mass is 10.0. The molecule has 25 heavy (non-hydrogen) atoms. The molecule has 2 heterocycles. The summed E-state index contributed by atoms with van der Waals surface area (Å²) in [5.74, 6) is 1.35. The third-order valence-electron chi connectivity index (χ3n) is 4.86. The number of amides is 2. The lowest BCUT2D eigenvalue weighted by Crippen LogP contribution is -2.54. The van der Waals surface area contributed by atoms with Gasteiger partial charge in [0.15, 0.2) is 11.5 Å². The van der Waals surface area contributed by atoms with Crippen LogP contribution < -0.4 is 14.8 Å². The molecular formula is C18H24N2O5. The van der Waals surface area contributed by atoms with Gasteiger partial charge in [0, 0.05) is 19.5 Å². The number of methoxy groups -OCH3 is 2. The number of benzene rings is 1. The quantitative estimate of drug-likeness (QED) is 0.850. The summed E-state index contributed by atoms with van der Waals surface area (Å²) in [4.78, 5) is 25.6. The first-order valence-corrected chi connectivity index (χ1v) is 8.44. The molecule has 7 nitrogen and oxygen atoms in total. The summed E-state index contributed by atoms with van der Waals surface area (Å²) in [6.07, 6.45) is 1.83. The third kappa shape index (κ3) is 3.87. The van der Waals surface area contributed by atoms with Gasteiger partial charge in [0.25, 0.3) is 0 Å². The first kappa shape index (κ1) is 17.5. The van der Waals surface area contributed by atoms with Gasteiger partial charge in [0.2, 0.25) is 11.8 Å². The second-order valence-corrected chi connectivity index (χ2v) is 6.50. The fourth-order valence-electron chi connectivity index (χ4n) is 3.35. The first-order chi connectivity index (χ1) is 12.0. The topological polar surface area (TPSA) is 77.1 Å². The molecule has 1 atom stereocenters. The SMILES string of the molecule is COc1ccc(CCC(=O)N2CCC3(CNC(=O)CO3)C2)cc1OC. The van der Waals surface area contributed by atoms with Crippen molar-refractivity contribution in [1.82, 2.24) is 10.2 Å². The molecule has 7 heteroatoms. The van der Waals surface area contributed by atoms with E-state index in [1.54, 1.807) is 14.2 Å². The van der Waals surface area contributed by atoms with Crippen molar-refractivity contribution < 1.29 is 23.8 Å². The molecule has 1 N–H and O–H groups in total. The number of nitrogens with one attached hydrogen (secondary N) is 1. The maximum Gasteiger partial charge on any atom is 0.246 e. The zero-order valence-corrected chi connectivity index (χ0v) is 14.7. The average molecular weight is 348 g/mol. The largest absolute Gasteiger partial charge is 0.493 e. The molecule has 0 aliphatic carbocycles. The second-order valence-electron chi connectivity index (χ2n) is 6.50. The van der Waals surface area contributed by atoms with Crippen LogP contribution in [0, 0.1) is 0 Å². The van der Waals surface area contributed by atoms with E-state index in [2.05, 4.69) is 5.32 Å². The number of hydrogen-bond acceptors (Lipinski definition) is 5. The minimum atomic E-state index is -0.410. The van der Waals surface area contributed by atoms with Crippen LogP contribution in [0.1, 0.15) is 18.4 Å². The zero-order chi connectivity index (χ0) is 17.9. The molecule has 0 aromatic heterocycles. The minimum Gasteiger partial charge on any atom is -0.493 e. The second kappa shape index (κ2) is 7.31. The average Bonchev–Trinajstić information content (AvgIpc) is 3.06. The van der Waals surface area contributed by atoms with Gasteiger partial charge in [0.05, 0.1) is 20.8 Å². The molecule has 1 aromatic carbocycles. The lowest BCUT2D eigenvalue weighted by Gasteiger charge is -2.33. The Labute approximate surface area is 147 Å². The molecular weight excluding hydrogens is 324 g/mol. The van der Waals surface area contributed by atoms with Gasteiger partial charge in [-0.1, -0.05) is 6.07 Å². The number of morpholine rings is 1. The number of likely N-dealkylation sites (tertiary alicyclic amines) is 1. The Kier molecular flexibility index (Phi) is 5.13. The standard InChI is InChI=1S/C18H24N2O5/c1-23-14-5-3-13(9-15(14)24-2)4-6-17(22)20-8-7-18(12-20)11-19-16(21)10-25-18/h3,5,9H,4,6-8,10-12H2,1-2H3,(H,19,21). The Morgan fingerprint density at radius 2 is 2.12 bits per heavy atom. The van der Waals surface area contributed by atoms with E-state index in [0.29, 0.717) is 44.0 Å². The van der Waals surface area contributed by atoms with E-state index in [9.17, 15) is 9.59 Å². The van der Waals surface area contributed by atoms with Crippen molar-refractivity contribution in [1.29, 1.82) is 0 Å². The van der Waals surface area contributed by atoms with Gasteiger partial charge in [-0.2, -0.15) is 0 Å². The number of nitrogens with zero attached hydrogens (tertiary/aromatic N) is 1. The molecule has 0 saturated carbocycles. The van der Waals surface area contributed by atoms with Gasteiger partial charge in [-0.15, -0.1) is 0 Å². The molecule has 2 aliphatic heterocycles. The summed E-state index contributed by atoms with van der Waals surface area (Å²) >= 11 is 0. The summed E-state index contributed by atoms with van der Waals surface area (Å²) in [6.45, 7) is 1.76. The zero-order valence-electron chi connectivity index (χ0n) is 14.7. The van der Waals surface area contributed by atoms with Crippen LogP contribution in [-0.4, -0.2) is 62.8 Å². The molecule has 1 aromatic rings. The van der Waals surface area contributed by atoms with Gasteiger partial charge in [0.1, 0.15) is 12.2 Å². The summed E-state index contributed by atoms with van der Waals surface area (Å²) < 4.78 is 16.2. The lowest BCUT2D eigenvalue weighted by molar-refractivity contribution is -0.143. The number of carbonyl (C=O) groups is 2.